The van der Waals surface area contributed by atoms with Gasteiger partial charge in [0.05, 0.1) is 6.61 Å². The van der Waals surface area contributed by atoms with Crippen LogP contribution in [0.25, 0.3) is 0 Å². The monoisotopic (exact) mass is 231 g/mol. The van der Waals surface area contributed by atoms with Gasteiger partial charge in [-0.2, -0.15) is 0 Å². The van der Waals surface area contributed by atoms with Crippen molar-refractivity contribution in [3.63, 3.8) is 0 Å². The van der Waals surface area contributed by atoms with Gasteiger partial charge in [0, 0.05) is 11.6 Å². The standard InChI is InChI=1S/C15H21NO/c1-11-7-8-16-14(10-11)13-6-2-4-12-5-3-9-17-15(12)13/h2,4,6,11,14,16H,3,5,7-10H2,1H3. The lowest BCUT2D eigenvalue weighted by Gasteiger charge is -2.31. The summed E-state index contributed by atoms with van der Waals surface area (Å²) in [6.07, 6.45) is 4.86. The molecule has 1 fully saturated rings. The first kappa shape index (κ1) is 11.1. The van der Waals surface area contributed by atoms with Gasteiger partial charge in [0.15, 0.2) is 0 Å². The number of ether oxygens (including phenoxy) is 1. The van der Waals surface area contributed by atoms with Crippen LogP contribution in [-0.2, 0) is 6.42 Å². The van der Waals surface area contributed by atoms with E-state index >= 15 is 0 Å². The number of aryl methyl sites for hydroxylation is 1. The highest BCUT2D eigenvalue weighted by molar-refractivity contribution is 5.44. The van der Waals surface area contributed by atoms with Crippen LogP contribution >= 0.6 is 0 Å². The quantitative estimate of drug-likeness (QED) is 0.802. The molecule has 0 aliphatic carbocycles. The minimum atomic E-state index is 0.492. The normalized spacial score (nSPS) is 28.3. The molecule has 0 spiro atoms. The summed E-state index contributed by atoms with van der Waals surface area (Å²) in [5, 5.41) is 3.64. The molecule has 2 heteroatoms. The van der Waals surface area contributed by atoms with Gasteiger partial charge in [-0.1, -0.05) is 25.1 Å². The van der Waals surface area contributed by atoms with Gasteiger partial charge in [0.2, 0.25) is 0 Å². The summed E-state index contributed by atoms with van der Waals surface area (Å²) in [5.74, 6) is 1.99. The maximum Gasteiger partial charge on any atom is 0.127 e. The topological polar surface area (TPSA) is 21.3 Å². The van der Waals surface area contributed by atoms with Gasteiger partial charge in [-0.15, -0.1) is 0 Å². The third kappa shape index (κ3) is 2.19. The second kappa shape index (κ2) is 4.69. The zero-order valence-corrected chi connectivity index (χ0v) is 10.5. The molecule has 2 aliphatic heterocycles. The van der Waals surface area contributed by atoms with Crippen LogP contribution in [0.2, 0.25) is 0 Å². The number of rotatable bonds is 1. The van der Waals surface area contributed by atoms with Crippen molar-refractivity contribution in [2.45, 2.75) is 38.6 Å². The lowest BCUT2D eigenvalue weighted by atomic mass is 9.88. The van der Waals surface area contributed by atoms with Crippen molar-refractivity contribution in [1.29, 1.82) is 0 Å². The van der Waals surface area contributed by atoms with Crippen molar-refractivity contribution in [2.75, 3.05) is 13.2 Å². The van der Waals surface area contributed by atoms with Crippen molar-refractivity contribution in [3.8, 4) is 5.75 Å². The molecule has 2 aliphatic rings. The van der Waals surface area contributed by atoms with Gasteiger partial charge >= 0.3 is 0 Å². The van der Waals surface area contributed by atoms with Crippen LogP contribution in [0.5, 0.6) is 5.75 Å². The van der Waals surface area contributed by atoms with Gasteiger partial charge in [-0.25, -0.2) is 0 Å². The number of nitrogens with one attached hydrogen (secondary N) is 1. The van der Waals surface area contributed by atoms with Crippen LogP contribution < -0.4 is 10.1 Å². The molecule has 0 amide bonds. The smallest absolute Gasteiger partial charge is 0.127 e. The molecule has 2 unspecified atom stereocenters. The zero-order chi connectivity index (χ0) is 11.7. The predicted molar refractivity (Wildman–Crippen MR) is 69.4 cm³/mol. The Balaban J connectivity index is 1.91. The van der Waals surface area contributed by atoms with E-state index in [1.54, 1.807) is 0 Å². The molecule has 1 saturated heterocycles. The van der Waals surface area contributed by atoms with Crippen LogP contribution in [0, 0.1) is 5.92 Å². The first-order valence-electron chi connectivity index (χ1n) is 6.82. The summed E-state index contributed by atoms with van der Waals surface area (Å²) in [6, 6.07) is 7.13. The molecule has 1 aromatic rings. The summed E-state index contributed by atoms with van der Waals surface area (Å²) in [4.78, 5) is 0. The predicted octanol–water partition coefficient (Wildman–Crippen LogP) is 3.07. The van der Waals surface area contributed by atoms with Gasteiger partial charge in [0.1, 0.15) is 5.75 Å². The fourth-order valence-electron chi connectivity index (χ4n) is 3.03. The van der Waals surface area contributed by atoms with Gasteiger partial charge in [-0.3, -0.25) is 0 Å². The second-order valence-electron chi connectivity index (χ2n) is 5.42. The maximum absolute atomic E-state index is 5.90. The minimum Gasteiger partial charge on any atom is -0.493 e. The van der Waals surface area contributed by atoms with Crippen molar-refractivity contribution in [1.82, 2.24) is 5.32 Å². The minimum absolute atomic E-state index is 0.492. The Kier molecular flexibility index (Phi) is 3.06. The van der Waals surface area contributed by atoms with Gasteiger partial charge < -0.3 is 10.1 Å². The molecule has 3 rings (SSSR count). The lowest BCUT2D eigenvalue weighted by Crippen LogP contribution is -2.31. The van der Waals surface area contributed by atoms with Crippen molar-refractivity contribution >= 4 is 0 Å². The Morgan fingerprint density at radius 1 is 1.35 bits per heavy atom. The molecule has 2 heterocycles. The number of fused-ring (bicyclic) bond motifs is 1. The molecule has 2 nitrogen and oxygen atoms in total. The fourth-order valence-corrected chi connectivity index (χ4v) is 3.03. The third-order valence-corrected chi connectivity index (χ3v) is 4.01. The maximum atomic E-state index is 5.90. The first-order chi connectivity index (χ1) is 8.34. The van der Waals surface area contributed by atoms with Gasteiger partial charge in [-0.05, 0) is 43.7 Å². The van der Waals surface area contributed by atoms with E-state index in [1.165, 1.54) is 36.1 Å². The molecule has 0 bridgehead atoms. The third-order valence-electron chi connectivity index (χ3n) is 4.01. The van der Waals surface area contributed by atoms with E-state index < -0.39 is 0 Å². The van der Waals surface area contributed by atoms with Crippen molar-refractivity contribution < 1.29 is 4.74 Å². The van der Waals surface area contributed by atoms with Crippen LogP contribution in [-0.4, -0.2) is 13.2 Å². The van der Waals surface area contributed by atoms with E-state index in [1.807, 2.05) is 0 Å². The molecule has 0 saturated carbocycles. The Hall–Kier alpha value is -1.02. The van der Waals surface area contributed by atoms with Crippen molar-refractivity contribution in [2.24, 2.45) is 5.92 Å². The highest BCUT2D eigenvalue weighted by Gasteiger charge is 2.24. The molecule has 1 aromatic carbocycles. The number of hydrogen-bond acceptors (Lipinski definition) is 2. The molecule has 0 radical (unpaired) electrons. The summed E-state index contributed by atoms with van der Waals surface area (Å²) >= 11 is 0. The Labute approximate surface area is 103 Å². The van der Waals surface area contributed by atoms with Gasteiger partial charge in [0.25, 0.3) is 0 Å². The molecular weight excluding hydrogens is 210 g/mol. The average Bonchev–Trinajstić information content (AvgIpc) is 2.38. The zero-order valence-electron chi connectivity index (χ0n) is 10.5. The second-order valence-corrected chi connectivity index (χ2v) is 5.42. The molecule has 2 atom stereocenters. The number of para-hydroxylation sites is 1. The largest absolute Gasteiger partial charge is 0.493 e. The van der Waals surface area contributed by atoms with Crippen LogP contribution in [0.15, 0.2) is 18.2 Å². The van der Waals surface area contributed by atoms with E-state index in [4.69, 9.17) is 4.74 Å². The highest BCUT2D eigenvalue weighted by Crippen LogP contribution is 2.36. The number of piperidine rings is 1. The van der Waals surface area contributed by atoms with Crippen LogP contribution in [0.1, 0.15) is 43.4 Å². The Bertz CT molecular complexity index is 402. The molecule has 0 aromatic heterocycles. The number of benzene rings is 1. The van der Waals surface area contributed by atoms with Crippen LogP contribution in [0.4, 0.5) is 0 Å². The molecule has 17 heavy (non-hydrogen) atoms. The summed E-state index contributed by atoms with van der Waals surface area (Å²) in [7, 11) is 0. The molecule has 92 valence electrons. The highest BCUT2D eigenvalue weighted by atomic mass is 16.5. The van der Waals surface area contributed by atoms with Crippen molar-refractivity contribution in [3.05, 3.63) is 29.3 Å². The van der Waals surface area contributed by atoms with E-state index in [0.29, 0.717) is 6.04 Å². The van der Waals surface area contributed by atoms with Crippen LogP contribution in [0.3, 0.4) is 0 Å². The Morgan fingerprint density at radius 3 is 3.18 bits per heavy atom. The van der Waals surface area contributed by atoms with E-state index in [9.17, 15) is 0 Å². The lowest BCUT2D eigenvalue weighted by molar-refractivity contribution is 0.270. The summed E-state index contributed by atoms with van der Waals surface area (Å²) < 4.78 is 5.90. The first-order valence-corrected chi connectivity index (χ1v) is 6.82. The van der Waals surface area contributed by atoms with E-state index in [0.717, 1.165) is 25.5 Å². The number of hydrogen-bond donors (Lipinski definition) is 1. The fraction of sp³-hybridized carbons (Fsp3) is 0.600. The SMILES string of the molecule is CC1CCNC(c2cccc3c2OCCC3)C1. The van der Waals surface area contributed by atoms with E-state index in [2.05, 4.69) is 30.4 Å². The Morgan fingerprint density at radius 2 is 2.29 bits per heavy atom. The average molecular weight is 231 g/mol. The summed E-state index contributed by atoms with van der Waals surface area (Å²) in [6.45, 7) is 4.37. The molecule has 1 N–H and O–H groups in total. The molecular formula is C15H21NO. The van der Waals surface area contributed by atoms with E-state index in [-0.39, 0.29) is 0 Å². The summed E-state index contributed by atoms with van der Waals surface area (Å²) in [5.41, 5.74) is 2.78.